The fourth-order valence-corrected chi connectivity index (χ4v) is 2.84. The van der Waals surface area contributed by atoms with E-state index < -0.39 is 0 Å². The number of hydrogen-bond donors (Lipinski definition) is 0. The Bertz CT molecular complexity index is 526. The number of hydrogen-bond acceptors (Lipinski definition) is 1. The third-order valence-electron chi connectivity index (χ3n) is 2.26. The van der Waals surface area contributed by atoms with Crippen LogP contribution in [0.1, 0.15) is 11.4 Å². The molecule has 2 aromatic heterocycles. The Morgan fingerprint density at radius 2 is 1.93 bits per heavy atom. The summed E-state index contributed by atoms with van der Waals surface area (Å²) < 4.78 is 2.72. The Morgan fingerprint density at radius 1 is 1.33 bits per heavy atom. The third-order valence-corrected chi connectivity index (χ3v) is 3.50. The van der Waals surface area contributed by atoms with E-state index in [1.807, 2.05) is 26.0 Å². The number of aryl methyl sites for hydroxylation is 2. The summed E-state index contributed by atoms with van der Waals surface area (Å²) in [5.74, 6) is 0. The molecule has 0 bridgehead atoms. The maximum absolute atomic E-state index is 7.10. The maximum atomic E-state index is 7.10. The molecule has 0 aliphatic carbocycles. The fourth-order valence-electron chi connectivity index (χ4n) is 1.57. The molecule has 0 aromatic carbocycles. The molecule has 76 valence electrons. The molecule has 4 heteroatoms. The molecule has 0 saturated heterocycles. The van der Waals surface area contributed by atoms with Crippen molar-refractivity contribution in [2.45, 2.75) is 13.8 Å². The minimum atomic E-state index is 0.618. The first-order valence-electron chi connectivity index (χ1n) is 4.45. The lowest BCUT2D eigenvalue weighted by Gasteiger charge is -2.06. The lowest BCUT2D eigenvalue weighted by Crippen LogP contribution is -1.95. The Kier molecular flexibility index (Phi) is 2.56. The van der Waals surface area contributed by atoms with Crippen molar-refractivity contribution in [3.63, 3.8) is 0 Å². The molecule has 0 aliphatic heterocycles. The van der Waals surface area contributed by atoms with Gasteiger partial charge in [-0.1, -0.05) is 11.6 Å². The molecule has 2 heterocycles. The minimum absolute atomic E-state index is 0.618. The van der Waals surface area contributed by atoms with Crippen LogP contribution in [0.4, 0.5) is 5.69 Å². The molecular formula is C11H9ClN2S. The molecule has 0 saturated carbocycles. The number of halogens is 1. The van der Waals surface area contributed by atoms with Crippen LogP contribution in [0.25, 0.3) is 9.85 Å². The van der Waals surface area contributed by atoms with E-state index in [1.54, 1.807) is 6.07 Å². The van der Waals surface area contributed by atoms with Gasteiger partial charge in [-0.25, -0.2) is 4.85 Å². The van der Waals surface area contributed by atoms with Gasteiger partial charge in [-0.3, -0.25) is 0 Å². The fraction of sp³-hybridized carbons (Fsp3) is 0.182. The summed E-state index contributed by atoms with van der Waals surface area (Å²) in [7, 11) is 0. The second kappa shape index (κ2) is 3.73. The molecule has 0 radical (unpaired) electrons. The maximum Gasteiger partial charge on any atom is 0.222 e. The highest BCUT2D eigenvalue weighted by Gasteiger charge is 2.12. The third kappa shape index (κ3) is 1.67. The van der Waals surface area contributed by atoms with Crippen LogP contribution in [0.5, 0.6) is 0 Å². The van der Waals surface area contributed by atoms with E-state index in [-0.39, 0.29) is 0 Å². The van der Waals surface area contributed by atoms with Crippen LogP contribution in [0, 0.1) is 20.4 Å². The molecule has 0 aliphatic rings. The summed E-state index contributed by atoms with van der Waals surface area (Å²) in [6, 6.07) is 5.79. The van der Waals surface area contributed by atoms with Crippen LogP contribution in [0.3, 0.4) is 0 Å². The summed E-state index contributed by atoms with van der Waals surface area (Å²) in [6.07, 6.45) is 0. The van der Waals surface area contributed by atoms with Gasteiger partial charge in [0.25, 0.3) is 0 Å². The van der Waals surface area contributed by atoms with Crippen LogP contribution in [-0.2, 0) is 0 Å². The minimum Gasteiger partial charge on any atom is -0.319 e. The SMILES string of the molecule is [C-]#[N+]c1cc(Cl)sc1-n1c(C)ccc1C. The van der Waals surface area contributed by atoms with Gasteiger partial charge in [0, 0.05) is 11.4 Å². The van der Waals surface area contributed by atoms with Gasteiger partial charge in [0.15, 0.2) is 0 Å². The van der Waals surface area contributed by atoms with Crippen LogP contribution in [-0.4, -0.2) is 4.57 Å². The highest BCUT2D eigenvalue weighted by atomic mass is 35.5. The zero-order chi connectivity index (χ0) is 11.0. The van der Waals surface area contributed by atoms with Crippen molar-refractivity contribution in [1.82, 2.24) is 4.57 Å². The molecule has 2 nitrogen and oxygen atoms in total. The Hall–Kier alpha value is -1.24. The second-order valence-electron chi connectivity index (χ2n) is 3.30. The van der Waals surface area contributed by atoms with Crippen molar-refractivity contribution in [1.29, 1.82) is 0 Å². The molecule has 0 atom stereocenters. The van der Waals surface area contributed by atoms with Crippen LogP contribution in [0.2, 0.25) is 4.34 Å². The van der Waals surface area contributed by atoms with Crippen LogP contribution in [0.15, 0.2) is 18.2 Å². The zero-order valence-electron chi connectivity index (χ0n) is 8.41. The molecule has 0 N–H and O–H groups in total. The molecule has 15 heavy (non-hydrogen) atoms. The normalized spacial score (nSPS) is 10.3. The molecule has 0 fully saturated rings. The van der Waals surface area contributed by atoms with E-state index >= 15 is 0 Å². The quantitative estimate of drug-likeness (QED) is 0.651. The van der Waals surface area contributed by atoms with E-state index in [4.69, 9.17) is 18.2 Å². The van der Waals surface area contributed by atoms with Gasteiger partial charge in [0.2, 0.25) is 5.69 Å². The summed E-state index contributed by atoms with van der Waals surface area (Å²) in [5, 5.41) is 0.912. The van der Waals surface area contributed by atoms with Crippen LogP contribution < -0.4 is 0 Å². The van der Waals surface area contributed by atoms with Crippen molar-refractivity contribution >= 4 is 28.6 Å². The van der Waals surface area contributed by atoms with Gasteiger partial charge in [0.1, 0.15) is 5.00 Å². The molecule has 2 aromatic rings. The summed E-state index contributed by atoms with van der Waals surface area (Å²) >= 11 is 7.37. The zero-order valence-corrected chi connectivity index (χ0v) is 9.99. The van der Waals surface area contributed by atoms with Gasteiger partial charge >= 0.3 is 0 Å². The topological polar surface area (TPSA) is 9.29 Å². The van der Waals surface area contributed by atoms with E-state index in [1.165, 1.54) is 11.3 Å². The highest BCUT2D eigenvalue weighted by Crippen LogP contribution is 2.37. The Balaban J connectivity index is 2.69. The lowest BCUT2D eigenvalue weighted by atomic mass is 10.4. The van der Waals surface area contributed by atoms with E-state index in [0.717, 1.165) is 16.4 Å². The number of nitrogens with zero attached hydrogens (tertiary/aromatic N) is 2. The van der Waals surface area contributed by atoms with Gasteiger partial charge < -0.3 is 4.57 Å². The van der Waals surface area contributed by atoms with E-state index in [2.05, 4.69) is 9.41 Å². The number of thiophene rings is 1. The molecule has 2 rings (SSSR count). The first-order valence-corrected chi connectivity index (χ1v) is 5.65. The lowest BCUT2D eigenvalue weighted by molar-refractivity contribution is 0.989. The molecule has 0 amide bonds. The van der Waals surface area contributed by atoms with Crippen LogP contribution >= 0.6 is 22.9 Å². The van der Waals surface area contributed by atoms with Gasteiger partial charge in [0.05, 0.1) is 10.9 Å². The predicted molar refractivity (Wildman–Crippen MR) is 64.4 cm³/mol. The monoisotopic (exact) mass is 236 g/mol. The second-order valence-corrected chi connectivity index (χ2v) is 4.97. The summed E-state index contributed by atoms with van der Waals surface area (Å²) in [5.41, 5.74) is 2.86. The van der Waals surface area contributed by atoms with Crippen molar-refractivity contribution in [3.8, 4) is 5.00 Å². The largest absolute Gasteiger partial charge is 0.319 e. The van der Waals surface area contributed by atoms with E-state index in [9.17, 15) is 0 Å². The smallest absolute Gasteiger partial charge is 0.222 e. The van der Waals surface area contributed by atoms with Crippen molar-refractivity contribution in [2.24, 2.45) is 0 Å². The van der Waals surface area contributed by atoms with Crippen molar-refractivity contribution in [3.05, 3.63) is 45.3 Å². The molecule has 0 spiro atoms. The Morgan fingerprint density at radius 3 is 2.47 bits per heavy atom. The first-order chi connectivity index (χ1) is 7.13. The number of rotatable bonds is 1. The Labute approximate surface area is 97.5 Å². The molecular weight excluding hydrogens is 228 g/mol. The van der Waals surface area contributed by atoms with Gasteiger partial charge in [-0.05, 0) is 32.0 Å². The van der Waals surface area contributed by atoms with Gasteiger partial charge in [-0.2, -0.15) is 0 Å². The molecule has 0 unspecified atom stereocenters. The van der Waals surface area contributed by atoms with Gasteiger partial charge in [-0.15, -0.1) is 11.3 Å². The van der Waals surface area contributed by atoms with E-state index in [0.29, 0.717) is 10.0 Å². The average molecular weight is 237 g/mol. The summed E-state index contributed by atoms with van der Waals surface area (Å²) in [6.45, 7) is 11.1. The first kappa shape index (κ1) is 10.3. The number of aromatic nitrogens is 1. The predicted octanol–water partition coefficient (Wildman–Crippen LogP) is 4.36. The van der Waals surface area contributed by atoms with Crippen molar-refractivity contribution in [2.75, 3.05) is 0 Å². The average Bonchev–Trinajstić information content (AvgIpc) is 2.70. The standard InChI is InChI=1S/C11H9ClN2S/c1-7-4-5-8(2)14(7)11-9(13-3)6-10(12)15-11/h4-6H,1-2H3. The highest BCUT2D eigenvalue weighted by molar-refractivity contribution is 7.19. The van der Waals surface area contributed by atoms with Crippen molar-refractivity contribution < 1.29 is 0 Å². The summed E-state index contributed by atoms with van der Waals surface area (Å²) in [4.78, 5) is 3.48.